The second-order valence-electron chi connectivity index (χ2n) is 8.11. The average molecular weight is 485 g/mol. The zero-order chi connectivity index (χ0) is 21.4. The van der Waals surface area contributed by atoms with E-state index in [0.29, 0.717) is 23.8 Å². The van der Waals surface area contributed by atoms with Crippen LogP contribution in [-0.4, -0.2) is 61.7 Å². The number of morpholine rings is 1. The highest BCUT2D eigenvalue weighted by atomic mass is 79.9. The monoisotopic (exact) mass is 484 g/mol. The first kappa shape index (κ1) is 20.7. The number of benzene rings is 2. The lowest BCUT2D eigenvalue weighted by atomic mass is 10.00. The summed E-state index contributed by atoms with van der Waals surface area (Å²) in [5.41, 5.74) is 3.47. The fourth-order valence-electron chi connectivity index (χ4n) is 4.28. The van der Waals surface area contributed by atoms with E-state index in [1.165, 1.54) is 0 Å². The number of hydrogen-bond donors (Lipinski definition) is 0. The van der Waals surface area contributed by atoms with Crippen molar-refractivity contribution in [1.29, 1.82) is 0 Å². The summed E-state index contributed by atoms with van der Waals surface area (Å²) >= 11 is 3.53. The molecule has 162 valence electrons. The first-order chi connectivity index (χ1) is 15.1. The maximum Gasteiger partial charge on any atom is 0.231 e. The van der Waals surface area contributed by atoms with Crippen LogP contribution in [0.3, 0.4) is 0 Å². The third-order valence-electron chi connectivity index (χ3n) is 6.03. The number of hydrogen-bond acceptors (Lipinski definition) is 6. The number of rotatable bonds is 4. The van der Waals surface area contributed by atoms with Crippen LogP contribution < -0.4 is 9.47 Å². The lowest BCUT2D eigenvalue weighted by molar-refractivity contribution is 0.0239. The SMILES string of the molecule is Cc1c2c(cc3c1O/C(=C\c1ccccc1Br)C3=O)CN(CCN1CCOCC1)CO2. The minimum Gasteiger partial charge on any atom is -0.477 e. The number of nitrogens with zero attached hydrogens (tertiary/aromatic N) is 2. The molecule has 3 aliphatic rings. The van der Waals surface area contributed by atoms with E-state index in [2.05, 4.69) is 25.7 Å². The van der Waals surface area contributed by atoms with Gasteiger partial charge in [0.15, 0.2) is 5.76 Å². The lowest BCUT2D eigenvalue weighted by Crippen LogP contribution is -2.43. The first-order valence-electron chi connectivity index (χ1n) is 10.6. The fourth-order valence-corrected chi connectivity index (χ4v) is 4.68. The van der Waals surface area contributed by atoms with Crippen molar-refractivity contribution in [2.45, 2.75) is 13.5 Å². The Morgan fingerprint density at radius 3 is 2.68 bits per heavy atom. The van der Waals surface area contributed by atoms with Gasteiger partial charge in [0.25, 0.3) is 0 Å². The summed E-state index contributed by atoms with van der Waals surface area (Å²) in [6.07, 6.45) is 1.79. The Labute approximate surface area is 190 Å². The van der Waals surface area contributed by atoms with Crippen LogP contribution >= 0.6 is 15.9 Å². The quantitative estimate of drug-likeness (QED) is 0.614. The second-order valence-corrected chi connectivity index (χ2v) is 8.96. The number of allylic oxidation sites excluding steroid dienone is 1. The standard InChI is InChI=1S/C24H25BrN2O4/c1-16-23-18(14-27(15-30-23)7-6-26-8-10-29-11-9-26)12-19-22(28)21(31-24(16)19)13-17-4-2-3-5-20(17)25/h2-5,12-13H,6-11,14-15H2,1H3/b21-13-. The van der Waals surface area contributed by atoms with Crippen molar-refractivity contribution in [3.8, 4) is 11.5 Å². The Morgan fingerprint density at radius 1 is 1.10 bits per heavy atom. The van der Waals surface area contributed by atoms with E-state index in [0.717, 1.165) is 72.9 Å². The highest BCUT2D eigenvalue weighted by Gasteiger charge is 2.33. The molecule has 6 nitrogen and oxygen atoms in total. The summed E-state index contributed by atoms with van der Waals surface area (Å²) in [5, 5.41) is 0. The maximum atomic E-state index is 13.1. The summed E-state index contributed by atoms with van der Waals surface area (Å²) < 4.78 is 18.5. The van der Waals surface area contributed by atoms with Crippen LogP contribution in [0.25, 0.3) is 6.08 Å². The average Bonchev–Trinajstić information content (AvgIpc) is 3.10. The van der Waals surface area contributed by atoms with E-state index >= 15 is 0 Å². The summed E-state index contributed by atoms with van der Waals surface area (Å²) in [6.45, 7) is 8.78. The van der Waals surface area contributed by atoms with E-state index in [-0.39, 0.29) is 5.78 Å². The van der Waals surface area contributed by atoms with E-state index in [1.807, 2.05) is 37.3 Å². The van der Waals surface area contributed by atoms with E-state index < -0.39 is 0 Å². The van der Waals surface area contributed by atoms with Gasteiger partial charge in [-0.05, 0) is 30.7 Å². The second kappa shape index (κ2) is 8.74. The molecule has 1 fully saturated rings. The van der Waals surface area contributed by atoms with Gasteiger partial charge in [0.05, 0.1) is 18.8 Å². The van der Waals surface area contributed by atoms with Crippen LogP contribution in [-0.2, 0) is 11.3 Å². The largest absolute Gasteiger partial charge is 0.477 e. The van der Waals surface area contributed by atoms with Crippen LogP contribution in [0.1, 0.15) is 27.0 Å². The van der Waals surface area contributed by atoms with Gasteiger partial charge in [-0.2, -0.15) is 0 Å². The third-order valence-corrected chi connectivity index (χ3v) is 6.75. The molecule has 3 aliphatic heterocycles. The number of ether oxygens (including phenoxy) is 3. The van der Waals surface area contributed by atoms with Crippen LogP contribution in [0.2, 0.25) is 0 Å². The molecule has 0 saturated carbocycles. The Balaban J connectivity index is 1.35. The normalized spacial score (nSPS) is 20.3. The van der Waals surface area contributed by atoms with Crippen molar-refractivity contribution in [3.63, 3.8) is 0 Å². The minimum absolute atomic E-state index is 0.0814. The van der Waals surface area contributed by atoms with Crippen molar-refractivity contribution in [2.24, 2.45) is 0 Å². The molecule has 0 unspecified atom stereocenters. The molecular weight excluding hydrogens is 460 g/mol. The van der Waals surface area contributed by atoms with Crippen molar-refractivity contribution >= 4 is 27.8 Å². The van der Waals surface area contributed by atoms with Crippen LogP contribution in [0.4, 0.5) is 0 Å². The van der Waals surface area contributed by atoms with Crippen molar-refractivity contribution in [3.05, 3.63) is 62.8 Å². The minimum atomic E-state index is -0.0814. The molecule has 0 radical (unpaired) electrons. The van der Waals surface area contributed by atoms with Crippen LogP contribution in [0, 0.1) is 6.92 Å². The van der Waals surface area contributed by atoms with Crippen LogP contribution in [0.15, 0.2) is 40.6 Å². The topological polar surface area (TPSA) is 51.2 Å². The van der Waals surface area contributed by atoms with Gasteiger partial charge in [-0.3, -0.25) is 14.6 Å². The van der Waals surface area contributed by atoms with Gasteiger partial charge in [-0.1, -0.05) is 34.1 Å². The Bertz CT molecular complexity index is 1050. The van der Waals surface area contributed by atoms with Crippen molar-refractivity contribution in [2.75, 3.05) is 46.1 Å². The number of carbonyl (C=O) groups is 1. The Morgan fingerprint density at radius 2 is 1.87 bits per heavy atom. The molecule has 5 rings (SSSR count). The van der Waals surface area contributed by atoms with Crippen molar-refractivity contribution in [1.82, 2.24) is 9.80 Å². The highest BCUT2D eigenvalue weighted by Crippen LogP contribution is 2.43. The molecule has 0 N–H and O–H groups in total. The van der Waals surface area contributed by atoms with E-state index in [1.54, 1.807) is 6.08 Å². The molecule has 0 aliphatic carbocycles. The molecule has 0 spiro atoms. The summed E-state index contributed by atoms with van der Waals surface area (Å²) in [6, 6.07) is 9.72. The summed E-state index contributed by atoms with van der Waals surface area (Å²) in [7, 11) is 0. The molecule has 0 atom stereocenters. The van der Waals surface area contributed by atoms with Crippen LogP contribution in [0.5, 0.6) is 11.5 Å². The van der Waals surface area contributed by atoms with Gasteiger partial charge in [0.2, 0.25) is 5.78 Å². The molecule has 3 heterocycles. The van der Waals surface area contributed by atoms with Gasteiger partial charge in [0.1, 0.15) is 18.2 Å². The zero-order valence-corrected chi connectivity index (χ0v) is 19.1. The smallest absolute Gasteiger partial charge is 0.231 e. The predicted molar refractivity (Wildman–Crippen MR) is 121 cm³/mol. The lowest BCUT2D eigenvalue weighted by Gasteiger charge is -2.33. The van der Waals surface area contributed by atoms with Gasteiger partial charge in [-0.25, -0.2) is 0 Å². The molecular formula is C24H25BrN2O4. The van der Waals surface area contributed by atoms with Gasteiger partial charge in [-0.15, -0.1) is 0 Å². The van der Waals surface area contributed by atoms with E-state index in [9.17, 15) is 4.79 Å². The van der Waals surface area contributed by atoms with Gasteiger partial charge < -0.3 is 14.2 Å². The Kier molecular flexibility index (Phi) is 5.84. The number of Topliss-reactive ketones (excluding diaryl/α,β-unsaturated/α-hetero) is 1. The third kappa shape index (κ3) is 4.15. The molecule has 1 saturated heterocycles. The number of fused-ring (bicyclic) bond motifs is 2. The number of carbonyl (C=O) groups excluding carboxylic acids is 1. The van der Waals surface area contributed by atoms with Gasteiger partial charge >= 0.3 is 0 Å². The van der Waals surface area contributed by atoms with Crippen molar-refractivity contribution < 1.29 is 19.0 Å². The number of halogens is 1. The molecule has 7 heteroatoms. The highest BCUT2D eigenvalue weighted by molar-refractivity contribution is 9.10. The summed E-state index contributed by atoms with van der Waals surface area (Å²) in [4.78, 5) is 17.8. The molecule has 2 aromatic carbocycles. The Hall–Kier alpha value is -2.19. The van der Waals surface area contributed by atoms with E-state index in [4.69, 9.17) is 14.2 Å². The molecule has 2 aromatic rings. The maximum absolute atomic E-state index is 13.1. The molecule has 31 heavy (non-hydrogen) atoms. The zero-order valence-electron chi connectivity index (χ0n) is 17.5. The summed E-state index contributed by atoms with van der Waals surface area (Å²) in [5.74, 6) is 1.72. The molecule has 0 amide bonds. The predicted octanol–water partition coefficient (Wildman–Crippen LogP) is 3.86. The van der Waals surface area contributed by atoms with Gasteiger partial charge in [0, 0.05) is 48.3 Å². The number of ketones is 1. The molecule has 0 aromatic heterocycles. The first-order valence-corrected chi connectivity index (χ1v) is 11.4. The fraction of sp³-hybridized carbons (Fsp3) is 0.375. The molecule has 0 bridgehead atoms.